The minimum absolute atomic E-state index is 0.0211. The number of phenols is 2. The van der Waals surface area contributed by atoms with Crippen molar-refractivity contribution in [3.8, 4) is 11.5 Å². The number of carbonyl (C=O) groups excluding carboxylic acids is 4. The number of nitrogens with zero attached hydrogens (tertiary/aromatic N) is 1. The average molecular weight is 830 g/mol. The molecule has 3 N–H and O–H groups in total. The van der Waals surface area contributed by atoms with E-state index in [-0.39, 0.29) is 11.5 Å². The number of halogens is 3. The number of aromatic hydroxyl groups is 2. The molecule has 1 aliphatic heterocycles. The quantitative estimate of drug-likeness (QED) is 0.134. The summed E-state index contributed by atoms with van der Waals surface area (Å²) in [5.41, 5.74) is 0.00147. The second-order valence-corrected chi connectivity index (χ2v) is 13.5. The molecule has 2 amide bonds. The monoisotopic (exact) mass is 828 g/mol. The second kappa shape index (κ2) is 17.6. The van der Waals surface area contributed by atoms with Gasteiger partial charge in [-0.2, -0.15) is 0 Å². The lowest BCUT2D eigenvalue weighted by Gasteiger charge is -2.27. The van der Waals surface area contributed by atoms with Crippen LogP contribution in [0.15, 0.2) is 40.9 Å². The van der Waals surface area contributed by atoms with Crippen LogP contribution < -0.4 is 10.2 Å². The zero-order chi connectivity index (χ0) is 34.7. The number of phenolic OH excluding ortho intramolecular Hbond substituents is 2. The highest BCUT2D eigenvalue weighted by Gasteiger charge is 2.41. The lowest BCUT2D eigenvalue weighted by atomic mass is 10.1. The summed E-state index contributed by atoms with van der Waals surface area (Å²) in [6.45, 7) is 10.5. The molecule has 0 aliphatic carbocycles. The first kappa shape index (κ1) is 40.0. The van der Waals surface area contributed by atoms with Crippen LogP contribution >= 0.6 is 50.1 Å². The van der Waals surface area contributed by atoms with Crippen molar-refractivity contribution in [1.29, 1.82) is 0 Å². The van der Waals surface area contributed by atoms with Crippen LogP contribution in [0.1, 0.15) is 47.1 Å². The van der Waals surface area contributed by atoms with E-state index in [0.717, 1.165) is 10.0 Å². The van der Waals surface area contributed by atoms with Gasteiger partial charge in [0, 0.05) is 21.4 Å². The van der Waals surface area contributed by atoms with E-state index in [1.54, 1.807) is 59.7 Å². The van der Waals surface area contributed by atoms with Crippen LogP contribution in [0, 0.1) is 0 Å². The molecular formula is C30H39BrClIN2O10. The van der Waals surface area contributed by atoms with Crippen LogP contribution in [0.2, 0.25) is 5.02 Å². The number of alkyl halides is 1. The molecule has 0 unspecified atom stereocenters. The number of hydrogen-bond acceptors (Lipinski definition) is 10. The van der Waals surface area contributed by atoms with Gasteiger partial charge < -0.3 is 34.5 Å². The topological polar surface area (TPSA) is 161 Å². The van der Waals surface area contributed by atoms with Gasteiger partial charge in [-0.05, 0) is 87.3 Å². The van der Waals surface area contributed by atoms with Crippen molar-refractivity contribution in [3.05, 3.63) is 51.5 Å². The van der Waals surface area contributed by atoms with Gasteiger partial charge in [-0.3, -0.25) is 4.90 Å². The number of carbonyl (C=O) groups is 4. The van der Waals surface area contributed by atoms with Gasteiger partial charge in [-0.15, -0.1) is 0 Å². The molecule has 2 atom stereocenters. The summed E-state index contributed by atoms with van der Waals surface area (Å²) in [7, 11) is 2.55. The molecule has 0 saturated carbocycles. The standard InChI is InChI=1S/C15H19NO5.C9H16INO4.C6H4BrClO/c1-15(2,3)21-14(19)16-11-8-10(17)6-5-9(11)7-12(16)13(18)20-4;1-9(2,3)15-8(13)11-6(5-10)7(12)14-4;7-5-2-1-4(9)3-6(5)8/h5-6,8,12,17H,7H2,1-4H3;6H,5H2,1-4H3,(H,11,13);1-3,9H/t12-;6-;/m00./s1. The summed E-state index contributed by atoms with van der Waals surface area (Å²) in [4.78, 5) is 48.0. The second-order valence-electron chi connectivity index (χ2n) is 11.4. The van der Waals surface area contributed by atoms with Crippen molar-refractivity contribution in [2.45, 2.75) is 71.2 Å². The number of amides is 2. The highest BCUT2D eigenvalue weighted by atomic mass is 127. The zero-order valence-electron chi connectivity index (χ0n) is 26.3. The molecule has 0 radical (unpaired) electrons. The van der Waals surface area contributed by atoms with E-state index < -0.39 is 47.4 Å². The molecule has 2 aromatic carbocycles. The predicted molar refractivity (Wildman–Crippen MR) is 181 cm³/mol. The van der Waals surface area contributed by atoms with E-state index in [0.29, 0.717) is 21.6 Å². The summed E-state index contributed by atoms with van der Waals surface area (Å²) in [5.74, 6) is -0.789. The Balaban J connectivity index is 0.000000367. The Bertz CT molecular complexity index is 1350. The fourth-order valence-electron chi connectivity index (χ4n) is 3.52. The molecule has 0 fully saturated rings. The lowest BCUT2D eigenvalue weighted by molar-refractivity contribution is -0.143. The van der Waals surface area contributed by atoms with E-state index in [9.17, 15) is 24.3 Å². The van der Waals surface area contributed by atoms with E-state index in [1.165, 1.54) is 37.3 Å². The lowest BCUT2D eigenvalue weighted by Crippen LogP contribution is -2.45. The van der Waals surface area contributed by atoms with Gasteiger partial charge >= 0.3 is 24.1 Å². The van der Waals surface area contributed by atoms with E-state index >= 15 is 0 Å². The van der Waals surface area contributed by atoms with Gasteiger partial charge in [-0.1, -0.05) is 40.3 Å². The fraction of sp³-hybridized carbons (Fsp3) is 0.467. The first-order valence-electron chi connectivity index (χ1n) is 13.4. The third-order valence-corrected chi connectivity index (χ3v) is 7.46. The maximum Gasteiger partial charge on any atom is 0.415 e. The molecule has 0 saturated heterocycles. The minimum atomic E-state index is -0.776. The predicted octanol–water partition coefficient (Wildman–Crippen LogP) is 6.53. The highest BCUT2D eigenvalue weighted by molar-refractivity contribution is 14.1. The minimum Gasteiger partial charge on any atom is -0.508 e. The van der Waals surface area contributed by atoms with Crippen molar-refractivity contribution < 1.29 is 48.3 Å². The molecule has 1 heterocycles. The Kier molecular flexibility index (Phi) is 15.7. The molecule has 0 bridgehead atoms. The first-order valence-corrected chi connectivity index (χ1v) is 16.1. The number of hydrogen-bond donors (Lipinski definition) is 3. The number of rotatable bonds is 4. The molecule has 0 aromatic heterocycles. The molecule has 0 spiro atoms. The maximum absolute atomic E-state index is 12.4. The Labute approximate surface area is 289 Å². The largest absolute Gasteiger partial charge is 0.508 e. The summed E-state index contributed by atoms with van der Waals surface area (Å²) >= 11 is 10.8. The SMILES string of the molecule is COC(=O)[C@@H]1Cc2ccc(O)cc2N1C(=O)OC(C)(C)C.COC(=O)[C@H](CI)NC(=O)OC(C)(C)C.Oc1ccc(Br)c(Cl)c1. The summed E-state index contributed by atoms with van der Waals surface area (Å²) < 4.78 is 20.8. The number of ether oxygens (including phenoxy) is 4. The number of methoxy groups -OCH3 is 2. The summed E-state index contributed by atoms with van der Waals surface area (Å²) in [6, 6.07) is 7.95. The third-order valence-electron chi connectivity index (χ3n) is 5.35. The molecule has 3 rings (SSSR count). The number of fused-ring (bicyclic) bond motifs is 1. The van der Waals surface area contributed by atoms with Gasteiger partial charge in [-0.25, -0.2) is 19.2 Å². The molecule has 45 heavy (non-hydrogen) atoms. The Hall–Kier alpha value is -2.98. The van der Waals surface area contributed by atoms with Crippen LogP contribution in [-0.4, -0.2) is 76.3 Å². The third kappa shape index (κ3) is 13.9. The van der Waals surface area contributed by atoms with E-state index in [4.69, 9.17) is 30.9 Å². The highest BCUT2D eigenvalue weighted by Crippen LogP contribution is 2.36. The van der Waals surface area contributed by atoms with Gasteiger partial charge in [0.2, 0.25) is 0 Å². The van der Waals surface area contributed by atoms with Gasteiger partial charge in [0.25, 0.3) is 0 Å². The molecular weight excluding hydrogens is 791 g/mol. The Morgan fingerprint density at radius 2 is 1.53 bits per heavy atom. The first-order chi connectivity index (χ1) is 20.7. The Morgan fingerprint density at radius 1 is 0.978 bits per heavy atom. The molecule has 1 aliphatic rings. The van der Waals surface area contributed by atoms with Crippen molar-refractivity contribution >= 4 is 79.9 Å². The smallest absolute Gasteiger partial charge is 0.415 e. The Morgan fingerprint density at radius 3 is 2.00 bits per heavy atom. The van der Waals surface area contributed by atoms with Gasteiger partial charge in [0.05, 0.1) is 24.9 Å². The summed E-state index contributed by atoms with van der Waals surface area (Å²) in [5, 5.41) is 21.4. The number of nitrogens with one attached hydrogen (secondary N) is 1. The van der Waals surface area contributed by atoms with Crippen LogP contribution in [0.4, 0.5) is 15.3 Å². The van der Waals surface area contributed by atoms with E-state index in [2.05, 4.69) is 26.0 Å². The molecule has 12 nitrogen and oxygen atoms in total. The number of benzene rings is 2. The summed E-state index contributed by atoms with van der Waals surface area (Å²) in [6.07, 6.45) is -0.918. The van der Waals surface area contributed by atoms with Crippen LogP contribution in [-0.2, 0) is 35.0 Å². The average Bonchev–Trinajstić information content (AvgIpc) is 3.30. The fourth-order valence-corrected chi connectivity index (χ4v) is 4.52. The van der Waals surface area contributed by atoms with Crippen molar-refractivity contribution in [1.82, 2.24) is 5.32 Å². The zero-order valence-corrected chi connectivity index (χ0v) is 30.8. The van der Waals surface area contributed by atoms with Crippen LogP contribution in [0.5, 0.6) is 11.5 Å². The van der Waals surface area contributed by atoms with Crippen molar-refractivity contribution in [2.75, 3.05) is 23.5 Å². The number of anilines is 1. The van der Waals surface area contributed by atoms with Crippen LogP contribution in [0.25, 0.3) is 0 Å². The molecule has 250 valence electrons. The normalized spacial score (nSPS) is 14.3. The number of alkyl carbamates (subject to hydrolysis) is 1. The molecule has 2 aromatic rings. The van der Waals surface area contributed by atoms with E-state index in [1.807, 2.05) is 22.6 Å². The molecule has 15 heteroatoms. The van der Waals surface area contributed by atoms with Crippen LogP contribution in [0.3, 0.4) is 0 Å². The van der Waals surface area contributed by atoms with Crippen molar-refractivity contribution in [2.24, 2.45) is 0 Å². The van der Waals surface area contributed by atoms with Gasteiger partial charge in [0.1, 0.15) is 34.8 Å². The number of esters is 2. The van der Waals surface area contributed by atoms with Crippen molar-refractivity contribution in [3.63, 3.8) is 0 Å². The van der Waals surface area contributed by atoms with Gasteiger partial charge in [0.15, 0.2) is 0 Å². The maximum atomic E-state index is 12.4.